The highest BCUT2D eigenvalue weighted by atomic mass is 32.2. The van der Waals surface area contributed by atoms with Crippen LogP contribution in [-0.2, 0) is 17.1 Å². The van der Waals surface area contributed by atoms with Crippen molar-refractivity contribution in [1.82, 2.24) is 19.1 Å². The molecule has 1 atom stereocenters. The molecule has 3 heterocycles. The molecule has 1 fully saturated rings. The van der Waals surface area contributed by atoms with E-state index in [0.717, 1.165) is 18.5 Å². The molecule has 6 nitrogen and oxygen atoms in total. The van der Waals surface area contributed by atoms with E-state index >= 15 is 0 Å². The summed E-state index contributed by atoms with van der Waals surface area (Å²) in [6.07, 6.45) is 3.13. The van der Waals surface area contributed by atoms with E-state index in [9.17, 15) is 12.8 Å². The molecule has 0 bridgehead atoms. The van der Waals surface area contributed by atoms with Crippen LogP contribution in [0.3, 0.4) is 0 Å². The molecule has 0 unspecified atom stereocenters. The summed E-state index contributed by atoms with van der Waals surface area (Å²) in [6.45, 7) is 2.53. The van der Waals surface area contributed by atoms with Gasteiger partial charge in [-0.2, -0.15) is 9.40 Å². The molecule has 29 heavy (non-hydrogen) atoms. The molecule has 0 aliphatic carbocycles. The van der Waals surface area contributed by atoms with Crippen molar-refractivity contribution in [3.8, 4) is 11.3 Å². The van der Waals surface area contributed by atoms with Crippen LogP contribution in [0.1, 0.15) is 30.1 Å². The molecular formula is C21H23FN4O2S. The van der Waals surface area contributed by atoms with E-state index in [1.165, 1.54) is 15.1 Å². The molecule has 1 aliphatic heterocycles. The number of hydrogen-bond acceptors (Lipinski definition) is 4. The lowest BCUT2D eigenvalue weighted by molar-refractivity contribution is 0.312. The molecule has 152 valence electrons. The highest BCUT2D eigenvalue weighted by molar-refractivity contribution is 7.89. The van der Waals surface area contributed by atoms with Crippen molar-refractivity contribution in [2.75, 3.05) is 13.1 Å². The first-order valence-electron chi connectivity index (χ1n) is 9.58. The van der Waals surface area contributed by atoms with E-state index in [1.807, 2.05) is 12.1 Å². The fourth-order valence-corrected chi connectivity index (χ4v) is 5.59. The second-order valence-electron chi connectivity index (χ2n) is 7.38. The van der Waals surface area contributed by atoms with Crippen molar-refractivity contribution < 1.29 is 12.8 Å². The van der Waals surface area contributed by atoms with Gasteiger partial charge in [-0.25, -0.2) is 12.8 Å². The monoisotopic (exact) mass is 414 g/mol. The normalized spacial score (nSPS) is 18.1. The van der Waals surface area contributed by atoms with Crippen molar-refractivity contribution in [2.45, 2.75) is 30.6 Å². The summed E-state index contributed by atoms with van der Waals surface area (Å²) in [5.74, 6) is -0.362. The fraction of sp³-hybridized carbons (Fsp3) is 0.333. The molecule has 0 amide bonds. The first kappa shape index (κ1) is 19.7. The van der Waals surface area contributed by atoms with Gasteiger partial charge in [-0.3, -0.25) is 9.67 Å². The fourth-order valence-electron chi connectivity index (χ4n) is 3.87. The molecule has 0 spiro atoms. The van der Waals surface area contributed by atoms with Crippen LogP contribution in [0.15, 0.2) is 53.6 Å². The number of benzene rings is 1. The van der Waals surface area contributed by atoms with Crippen molar-refractivity contribution in [3.63, 3.8) is 0 Å². The summed E-state index contributed by atoms with van der Waals surface area (Å²) in [6, 6.07) is 12.0. The topological polar surface area (TPSA) is 68.1 Å². The minimum atomic E-state index is -3.62. The Bertz CT molecular complexity index is 1140. The summed E-state index contributed by atoms with van der Waals surface area (Å²) in [4.78, 5) is 4.90. The summed E-state index contributed by atoms with van der Waals surface area (Å²) >= 11 is 0. The molecule has 1 aliphatic rings. The summed E-state index contributed by atoms with van der Waals surface area (Å²) in [7, 11) is -1.91. The zero-order valence-corrected chi connectivity index (χ0v) is 17.2. The van der Waals surface area contributed by atoms with Crippen LogP contribution in [0.2, 0.25) is 0 Å². The maximum Gasteiger partial charge on any atom is 0.246 e. The van der Waals surface area contributed by atoms with Gasteiger partial charge in [0.2, 0.25) is 10.0 Å². The van der Waals surface area contributed by atoms with Gasteiger partial charge in [0.25, 0.3) is 0 Å². The number of nitrogens with zero attached hydrogens (tertiary/aromatic N) is 4. The number of halogens is 1. The van der Waals surface area contributed by atoms with Crippen LogP contribution < -0.4 is 0 Å². The lowest BCUT2D eigenvalue weighted by Crippen LogP contribution is -2.39. The van der Waals surface area contributed by atoms with Crippen LogP contribution in [0.25, 0.3) is 11.3 Å². The second-order valence-corrected chi connectivity index (χ2v) is 9.29. The zero-order chi connectivity index (χ0) is 20.6. The Morgan fingerprint density at radius 3 is 2.66 bits per heavy atom. The molecule has 3 aromatic rings. The number of aromatic nitrogens is 3. The van der Waals surface area contributed by atoms with Gasteiger partial charge >= 0.3 is 0 Å². The number of hydrogen-bond donors (Lipinski definition) is 0. The lowest BCUT2D eigenvalue weighted by Gasteiger charge is -2.31. The maximum atomic E-state index is 14.2. The highest BCUT2D eigenvalue weighted by Gasteiger charge is 2.33. The Hall–Kier alpha value is -2.58. The van der Waals surface area contributed by atoms with Crippen molar-refractivity contribution >= 4 is 10.0 Å². The van der Waals surface area contributed by atoms with Crippen molar-refractivity contribution in [3.05, 3.63) is 65.9 Å². The Labute approximate surface area is 170 Å². The van der Waals surface area contributed by atoms with Gasteiger partial charge in [-0.1, -0.05) is 18.2 Å². The molecule has 8 heteroatoms. The van der Waals surface area contributed by atoms with Gasteiger partial charge < -0.3 is 0 Å². The van der Waals surface area contributed by atoms with Gasteiger partial charge in [0.15, 0.2) is 0 Å². The van der Waals surface area contributed by atoms with Crippen LogP contribution in [-0.4, -0.2) is 40.6 Å². The second kappa shape index (κ2) is 7.68. The maximum absolute atomic E-state index is 14.2. The highest BCUT2D eigenvalue weighted by Crippen LogP contribution is 2.31. The number of piperidine rings is 1. The molecule has 0 N–H and O–H groups in total. The van der Waals surface area contributed by atoms with Gasteiger partial charge in [-0.05, 0) is 44.0 Å². The van der Waals surface area contributed by atoms with E-state index in [4.69, 9.17) is 0 Å². The average Bonchev–Trinajstić information content (AvgIpc) is 3.07. The van der Waals surface area contributed by atoms with E-state index in [0.29, 0.717) is 30.0 Å². The third-order valence-electron chi connectivity index (χ3n) is 5.31. The first-order chi connectivity index (χ1) is 13.9. The van der Waals surface area contributed by atoms with Crippen LogP contribution in [0.5, 0.6) is 0 Å². The molecule has 0 radical (unpaired) electrons. The van der Waals surface area contributed by atoms with Crippen LogP contribution in [0.4, 0.5) is 4.39 Å². The molecular weight excluding hydrogens is 391 g/mol. The van der Waals surface area contributed by atoms with Gasteiger partial charge in [0.05, 0.1) is 11.4 Å². The quantitative estimate of drug-likeness (QED) is 0.655. The Morgan fingerprint density at radius 2 is 1.93 bits per heavy atom. The zero-order valence-electron chi connectivity index (χ0n) is 16.4. The smallest absolute Gasteiger partial charge is 0.246 e. The number of aryl methyl sites for hydroxylation is 2. The third-order valence-corrected chi connectivity index (χ3v) is 7.28. The minimum Gasteiger partial charge on any atom is -0.274 e. The largest absolute Gasteiger partial charge is 0.274 e. The molecule has 4 rings (SSSR count). The standard InChI is InChI=1S/C21H23FN4O2S/c1-15-21(14-25(2)24-15)29(27,28)26-12-6-7-16(13-26)19-10-5-11-20(23-19)17-8-3-4-9-18(17)22/h3-5,8-11,14,16H,6-7,12-13H2,1-2H3/t16-/m1/s1. The summed E-state index contributed by atoms with van der Waals surface area (Å²) < 4.78 is 43.5. The third kappa shape index (κ3) is 3.82. The molecule has 1 saturated heterocycles. The predicted molar refractivity (Wildman–Crippen MR) is 108 cm³/mol. The van der Waals surface area contributed by atoms with Gasteiger partial charge in [0, 0.05) is 43.5 Å². The minimum absolute atomic E-state index is 0.0396. The Morgan fingerprint density at radius 1 is 1.14 bits per heavy atom. The predicted octanol–water partition coefficient (Wildman–Crippen LogP) is 3.50. The molecule has 1 aromatic carbocycles. The Balaban J connectivity index is 1.62. The van der Waals surface area contributed by atoms with Crippen LogP contribution >= 0.6 is 0 Å². The number of pyridine rings is 1. The first-order valence-corrected chi connectivity index (χ1v) is 11.0. The van der Waals surface area contributed by atoms with Gasteiger partial charge in [0.1, 0.15) is 10.7 Å². The summed E-state index contributed by atoms with van der Waals surface area (Å²) in [5.41, 5.74) is 2.28. The van der Waals surface area contributed by atoms with E-state index in [-0.39, 0.29) is 16.6 Å². The molecule has 0 saturated carbocycles. The van der Waals surface area contributed by atoms with E-state index in [1.54, 1.807) is 44.4 Å². The van der Waals surface area contributed by atoms with E-state index < -0.39 is 10.0 Å². The molecule has 2 aromatic heterocycles. The Kier molecular flexibility index (Phi) is 5.23. The SMILES string of the molecule is Cc1nn(C)cc1S(=O)(=O)N1CCC[C@@H](c2cccc(-c3ccccc3F)n2)C1. The number of sulfonamides is 1. The number of rotatable bonds is 4. The summed E-state index contributed by atoms with van der Waals surface area (Å²) in [5, 5.41) is 4.17. The lowest BCUT2D eigenvalue weighted by atomic mass is 9.95. The van der Waals surface area contributed by atoms with Crippen molar-refractivity contribution in [2.24, 2.45) is 7.05 Å². The van der Waals surface area contributed by atoms with Gasteiger partial charge in [-0.15, -0.1) is 0 Å². The van der Waals surface area contributed by atoms with Crippen LogP contribution in [0, 0.1) is 12.7 Å². The van der Waals surface area contributed by atoms with Crippen molar-refractivity contribution in [1.29, 1.82) is 0 Å². The average molecular weight is 415 g/mol. The van der Waals surface area contributed by atoms with E-state index in [2.05, 4.69) is 10.1 Å².